The van der Waals surface area contributed by atoms with Crippen LogP contribution in [-0.2, 0) is 10.4 Å². The molecule has 1 aliphatic rings. The Kier molecular flexibility index (Phi) is 4.06. The molecule has 0 unspecified atom stereocenters. The lowest BCUT2D eigenvalue weighted by molar-refractivity contribution is -0.385. The van der Waals surface area contributed by atoms with Crippen LogP contribution in [0.3, 0.4) is 0 Å². The molecule has 0 saturated carbocycles. The Hall–Kier alpha value is -2.25. The normalized spacial score (nSPS) is 22.1. The first kappa shape index (κ1) is 15.1. The van der Waals surface area contributed by atoms with Gasteiger partial charge < -0.3 is 15.5 Å². The van der Waals surface area contributed by atoms with Crippen LogP contribution < -0.4 is 5.32 Å². The van der Waals surface area contributed by atoms with Crippen LogP contribution in [0.15, 0.2) is 30.4 Å². The molecule has 2 rings (SSSR count). The molecule has 0 fully saturated rings. The minimum Gasteiger partial charge on any atom is -0.396 e. The fourth-order valence-corrected chi connectivity index (χ4v) is 2.38. The maximum absolute atomic E-state index is 12.1. The number of non-ortho nitro benzene ring substituents is 1. The number of fused-ring (bicyclic) bond motifs is 1. The highest BCUT2D eigenvalue weighted by Crippen LogP contribution is 2.43. The van der Waals surface area contributed by atoms with Crippen LogP contribution in [0.1, 0.15) is 18.9 Å². The number of anilines is 1. The molecule has 1 aliphatic heterocycles. The van der Waals surface area contributed by atoms with E-state index in [1.54, 1.807) is 19.1 Å². The van der Waals surface area contributed by atoms with Gasteiger partial charge in [-0.05, 0) is 12.5 Å². The molecule has 1 aromatic rings. The number of carbonyl (C=O) groups excluding carboxylic acids is 1. The third kappa shape index (κ3) is 2.53. The van der Waals surface area contributed by atoms with E-state index in [1.165, 1.54) is 18.2 Å². The van der Waals surface area contributed by atoms with Crippen LogP contribution in [-0.4, -0.2) is 27.7 Å². The van der Waals surface area contributed by atoms with Crippen molar-refractivity contribution in [1.29, 1.82) is 0 Å². The van der Waals surface area contributed by atoms with Gasteiger partial charge in [0.15, 0.2) is 5.60 Å². The van der Waals surface area contributed by atoms with Crippen LogP contribution in [0.4, 0.5) is 11.4 Å². The highest BCUT2D eigenvalue weighted by molar-refractivity contribution is 6.05. The van der Waals surface area contributed by atoms with E-state index in [-0.39, 0.29) is 17.9 Å². The second kappa shape index (κ2) is 5.63. The summed E-state index contributed by atoms with van der Waals surface area (Å²) in [4.78, 5) is 22.4. The first-order chi connectivity index (χ1) is 9.91. The maximum Gasteiger partial charge on any atom is 0.269 e. The molecular weight excluding hydrogens is 276 g/mol. The van der Waals surface area contributed by atoms with Crippen molar-refractivity contribution in [2.24, 2.45) is 5.92 Å². The number of rotatable bonds is 5. The minimum atomic E-state index is -1.85. The summed E-state index contributed by atoms with van der Waals surface area (Å²) in [6, 6.07) is 3.90. The first-order valence-corrected chi connectivity index (χ1v) is 6.51. The summed E-state index contributed by atoms with van der Waals surface area (Å²) in [5.41, 5.74) is -1.47. The summed E-state index contributed by atoms with van der Waals surface area (Å²) < 4.78 is 0. The third-order valence-electron chi connectivity index (χ3n) is 3.60. The van der Waals surface area contributed by atoms with Crippen molar-refractivity contribution in [3.05, 3.63) is 46.0 Å². The molecular formula is C14H16N2O5. The van der Waals surface area contributed by atoms with Crippen molar-refractivity contribution in [2.45, 2.75) is 18.9 Å². The summed E-state index contributed by atoms with van der Waals surface area (Å²) in [6.45, 7) is 1.61. The van der Waals surface area contributed by atoms with Gasteiger partial charge in [-0.15, -0.1) is 0 Å². The predicted octanol–water partition coefficient (Wildman–Crippen LogP) is 1.31. The standard InChI is InChI=1S/C14H16N2O5/c1-9(4-2-3-7-17)14(19)11-8-10(16(20)21)5-6-12(11)15-13(14)18/h2,4-6,8-9,17,19H,3,7H2,1H3,(H,15,18)/b4-2+/t9-,14+/m0/s1. The number of aliphatic hydroxyl groups is 2. The van der Waals surface area contributed by atoms with E-state index < -0.39 is 22.3 Å². The Labute approximate surface area is 121 Å². The van der Waals surface area contributed by atoms with E-state index in [9.17, 15) is 20.0 Å². The topological polar surface area (TPSA) is 113 Å². The van der Waals surface area contributed by atoms with E-state index in [2.05, 4.69) is 5.32 Å². The average molecular weight is 292 g/mol. The second-order valence-electron chi connectivity index (χ2n) is 4.94. The molecule has 3 N–H and O–H groups in total. The lowest BCUT2D eigenvalue weighted by atomic mass is 9.83. The molecule has 1 aromatic carbocycles. The zero-order valence-corrected chi connectivity index (χ0v) is 11.4. The Morgan fingerprint density at radius 1 is 1.52 bits per heavy atom. The fraction of sp³-hybridized carbons (Fsp3) is 0.357. The molecule has 7 nitrogen and oxygen atoms in total. The largest absolute Gasteiger partial charge is 0.396 e. The van der Waals surface area contributed by atoms with Gasteiger partial charge in [-0.25, -0.2) is 0 Å². The van der Waals surface area contributed by atoms with E-state index >= 15 is 0 Å². The van der Waals surface area contributed by atoms with E-state index in [0.717, 1.165) is 0 Å². The lowest BCUT2D eigenvalue weighted by Gasteiger charge is -2.25. The number of hydrogen-bond acceptors (Lipinski definition) is 5. The van der Waals surface area contributed by atoms with Gasteiger partial charge in [0.2, 0.25) is 0 Å². The molecule has 0 aliphatic carbocycles. The van der Waals surface area contributed by atoms with Crippen molar-refractivity contribution in [2.75, 3.05) is 11.9 Å². The van der Waals surface area contributed by atoms with E-state index in [4.69, 9.17) is 5.11 Å². The third-order valence-corrected chi connectivity index (χ3v) is 3.60. The van der Waals surface area contributed by atoms with E-state index in [1.807, 2.05) is 0 Å². The van der Waals surface area contributed by atoms with Crippen LogP contribution in [0.2, 0.25) is 0 Å². The molecule has 21 heavy (non-hydrogen) atoms. The summed E-state index contributed by atoms with van der Waals surface area (Å²) in [5, 5.41) is 32.9. The first-order valence-electron chi connectivity index (χ1n) is 6.51. The van der Waals surface area contributed by atoms with Crippen molar-refractivity contribution in [1.82, 2.24) is 0 Å². The molecule has 0 saturated heterocycles. The zero-order chi connectivity index (χ0) is 15.6. The van der Waals surface area contributed by atoms with Crippen LogP contribution >= 0.6 is 0 Å². The van der Waals surface area contributed by atoms with Crippen LogP contribution in [0.25, 0.3) is 0 Å². The molecule has 2 atom stereocenters. The van der Waals surface area contributed by atoms with Crippen molar-refractivity contribution >= 4 is 17.3 Å². The van der Waals surface area contributed by atoms with Crippen LogP contribution in [0.5, 0.6) is 0 Å². The monoisotopic (exact) mass is 292 g/mol. The van der Waals surface area contributed by atoms with Gasteiger partial charge in [-0.1, -0.05) is 19.1 Å². The Morgan fingerprint density at radius 3 is 2.86 bits per heavy atom. The second-order valence-corrected chi connectivity index (χ2v) is 4.94. The Balaban J connectivity index is 2.43. The van der Waals surface area contributed by atoms with Crippen molar-refractivity contribution in [3.63, 3.8) is 0 Å². The summed E-state index contributed by atoms with van der Waals surface area (Å²) in [6.07, 6.45) is 3.68. The predicted molar refractivity (Wildman–Crippen MR) is 75.6 cm³/mol. The number of nitro groups is 1. The molecule has 0 bridgehead atoms. The molecule has 112 valence electrons. The molecule has 0 spiro atoms. The van der Waals surface area contributed by atoms with Gasteiger partial charge in [0.1, 0.15) is 0 Å². The summed E-state index contributed by atoms with van der Waals surface area (Å²) in [5.74, 6) is -1.20. The average Bonchev–Trinajstić information content (AvgIpc) is 2.71. The molecule has 1 heterocycles. The van der Waals surface area contributed by atoms with Gasteiger partial charge in [-0.3, -0.25) is 14.9 Å². The van der Waals surface area contributed by atoms with Crippen molar-refractivity contribution < 1.29 is 19.9 Å². The number of nitrogens with zero attached hydrogens (tertiary/aromatic N) is 1. The lowest BCUT2D eigenvalue weighted by Crippen LogP contribution is -2.39. The number of aliphatic hydroxyl groups excluding tert-OH is 1. The summed E-state index contributed by atoms with van der Waals surface area (Å²) in [7, 11) is 0. The van der Waals surface area contributed by atoms with Crippen molar-refractivity contribution in [3.8, 4) is 0 Å². The smallest absolute Gasteiger partial charge is 0.269 e. The van der Waals surface area contributed by atoms with Gasteiger partial charge in [0, 0.05) is 35.9 Å². The fourth-order valence-electron chi connectivity index (χ4n) is 2.38. The van der Waals surface area contributed by atoms with Gasteiger partial charge in [0.25, 0.3) is 11.6 Å². The summed E-state index contributed by atoms with van der Waals surface area (Å²) >= 11 is 0. The van der Waals surface area contributed by atoms with Gasteiger partial charge >= 0.3 is 0 Å². The Morgan fingerprint density at radius 2 is 2.24 bits per heavy atom. The number of nitro benzene ring substituents is 1. The molecule has 0 aromatic heterocycles. The zero-order valence-electron chi connectivity index (χ0n) is 11.4. The molecule has 7 heteroatoms. The maximum atomic E-state index is 12.1. The quantitative estimate of drug-likeness (QED) is 0.430. The van der Waals surface area contributed by atoms with E-state index in [0.29, 0.717) is 12.1 Å². The molecule has 1 amide bonds. The number of nitrogens with one attached hydrogen (secondary N) is 1. The number of hydrogen-bond donors (Lipinski definition) is 3. The highest BCUT2D eigenvalue weighted by Gasteiger charge is 2.49. The molecule has 0 radical (unpaired) electrons. The van der Waals surface area contributed by atoms with Crippen LogP contribution in [0, 0.1) is 16.0 Å². The Bertz CT molecular complexity index is 613. The number of carbonyl (C=O) groups is 1. The SMILES string of the molecule is C[C@@H](/C=C/CCO)[C@]1(O)C(=O)Nc2ccc([N+](=O)[O-])cc21. The number of amides is 1. The van der Waals surface area contributed by atoms with Gasteiger partial charge in [-0.2, -0.15) is 0 Å². The minimum absolute atomic E-state index is 0.0318. The highest BCUT2D eigenvalue weighted by atomic mass is 16.6. The number of benzene rings is 1. The van der Waals surface area contributed by atoms with Gasteiger partial charge in [0.05, 0.1) is 4.92 Å².